The summed E-state index contributed by atoms with van der Waals surface area (Å²) in [6, 6.07) is 1.94. The smallest absolute Gasteiger partial charge is 0.264 e. The van der Waals surface area contributed by atoms with Gasteiger partial charge in [-0.1, -0.05) is 20.3 Å². The zero-order valence-electron chi connectivity index (χ0n) is 11.2. The van der Waals surface area contributed by atoms with Gasteiger partial charge in [0.05, 0.1) is 11.4 Å². The minimum Gasteiger partial charge on any atom is -0.368 e. The molecule has 0 saturated heterocycles. The van der Waals surface area contributed by atoms with Gasteiger partial charge in [0.1, 0.15) is 0 Å². The van der Waals surface area contributed by atoms with Crippen molar-refractivity contribution < 1.29 is 9.59 Å². The molecular weight excluding hydrogens is 248 g/mol. The number of hydrogen-bond acceptors (Lipinski definition) is 3. The molecule has 5 heteroatoms. The van der Waals surface area contributed by atoms with E-state index in [4.69, 9.17) is 5.73 Å². The topological polar surface area (TPSA) is 63.4 Å². The average Bonchev–Trinajstić information content (AvgIpc) is 2.70. The zero-order chi connectivity index (χ0) is 13.7. The molecular formula is C13H20N2O2S. The van der Waals surface area contributed by atoms with Gasteiger partial charge in [0.2, 0.25) is 5.91 Å². The Balaban J connectivity index is 2.88. The molecule has 0 aliphatic rings. The van der Waals surface area contributed by atoms with E-state index >= 15 is 0 Å². The number of amides is 2. The number of likely N-dealkylation sites (N-methyl/N-ethyl adjacent to an activating group) is 1. The summed E-state index contributed by atoms with van der Waals surface area (Å²) in [5, 5.41) is 0. The Morgan fingerprint density at radius 1 is 1.39 bits per heavy atom. The fourth-order valence-corrected chi connectivity index (χ4v) is 3.15. The second-order valence-electron chi connectivity index (χ2n) is 4.29. The third-order valence-corrected chi connectivity index (χ3v) is 3.93. The zero-order valence-corrected chi connectivity index (χ0v) is 12.0. The highest BCUT2D eigenvalue weighted by molar-refractivity contribution is 7.14. The summed E-state index contributed by atoms with van der Waals surface area (Å²) in [7, 11) is 1.60. The Morgan fingerprint density at radius 3 is 2.56 bits per heavy atom. The summed E-state index contributed by atoms with van der Waals surface area (Å²) in [4.78, 5) is 26.2. The number of thiophene rings is 1. The van der Waals surface area contributed by atoms with Gasteiger partial charge < -0.3 is 10.6 Å². The fourth-order valence-electron chi connectivity index (χ4n) is 1.80. The van der Waals surface area contributed by atoms with Crippen LogP contribution in [0, 0.1) is 0 Å². The van der Waals surface area contributed by atoms with Gasteiger partial charge in [-0.3, -0.25) is 9.59 Å². The van der Waals surface area contributed by atoms with Crippen LogP contribution >= 0.6 is 11.3 Å². The van der Waals surface area contributed by atoms with Crippen molar-refractivity contribution in [3.63, 3.8) is 0 Å². The normalized spacial score (nSPS) is 10.4. The predicted molar refractivity (Wildman–Crippen MR) is 73.8 cm³/mol. The summed E-state index contributed by atoms with van der Waals surface area (Å²) in [6.07, 6.45) is 3.00. The van der Waals surface area contributed by atoms with E-state index in [-0.39, 0.29) is 12.5 Å². The largest absolute Gasteiger partial charge is 0.368 e. The minimum absolute atomic E-state index is 0.0404. The first kappa shape index (κ1) is 14.7. The molecule has 0 unspecified atom stereocenters. The van der Waals surface area contributed by atoms with E-state index < -0.39 is 5.91 Å². The highest BCUT2D eigenvalue weighted by atomic mass is 32.1. The number of hydrogen-bond donors (Lipinski definition) is 1. The van der Waals surface area contributed by atoms with Crippen LogP contribution in [-0.4, -0.2) is 30.3 Å². The van der Waals surface area contributed by atoms with E-state index in [0.29, 0.717) is 4.88 Å². The molecule has 0 saturated carbocycles. The van der Waals surface area contributed by atoms with Crippen LogP contribution in [0.2, 0.25) is 0 Å². The van der Waals surface area contributed by atoms with Crippen molar-refractivity contribution in [2.24, 2.45) is 5.73 Å². The maximum absolute atomic E-state index is 12.1. The van der Waals surface area contributed by atoms with Gasteiger partial charge in [-0.05, 0) is 24.5 Å². The molecule has 1 rings (SSSR count). The number of nitrogens with zero attached hydrogens (tertiary/aromatic N) is 1. The molecule has 1 aromatic heterocycles. The van der Waals surface area contributed by atoms with Crippen LogP contribution in [0.5, 0.6) is 0 Å². The van der Waals surface area contributed by atoms with E-state index in [0.717, 1.165) is 19.3 Å². The second kappa shape index (κ2) is 6.54. The van der Waals surface area contributed by atoms with Crippen LogP contribution in [-0.2, 0) is 17.6 Å². The number of aryl methyl sites for hydroxylation is 2. The molecule has 0 spiro atoms. The van der Waals surface area contributed by atoms with Crippen LogP contribution in [0.15, 0.2) is 6.07 Å². The van der Waals surface area contributed by atoms with Crippen molar-refractivity contribution in [3.8, 4) is 0 Å². The quantitative estimate of drug-likeness (QED) is 0.855. The summed E-state index contributed by atoms with van der Waals surface area (Å²) in [5.41, 5.74) is 6.32. The molecule has 0 aliphatic heterocycles. The van der Waals surface area contributed by atoms with E-state index in [9.17, 15) is 9.59 Å². The maximum Gasteiger partial charge on any atom is 0.264 e. The Morgan fingerprint density at radius 2 is 2.06 bits per heavy atom. The van der Waals surface area contributed by atoms with Crippen molar-refractivity contribution in [3.05, 3.63) is 21.4 Å². The lowest BCUT2D eigenvalue weighted by Gasteiger charge is -2.13. The number of nitrogens with two attached hydrogens (primary N) is 1. The Labute approximate surface area is 112 Å². The molecule has 0 radical (unpaired) electrons. The molecule has 4 nitrogen and oxygen atoms in total. The second-order valence-corrected chi connectivity index (χ2v) is 5.43. The van der Waals surface area contributed by atoms with Gasteiger partial charge in [-0.25, -0.2) is 0 Å². The van der Waals surface area contributed by atoms with Crippen LogP contribution in [0.4, 0.5) is 0 Å². The Bertz CT molecular complexity index is 440. The third-order valence-electron chi connectivity index (χ3n) is 2.71. The van der Waals surface area contributed by atoms with Crippen LogP contribution < -0.4 is 5.73 Å². The van der Waals surface area contributed by atoms with Crippen LogP contribution in [0.25, 0.3) is 0 Å². The van der Waals surface area contributed by atoms with Gasteiger partial charge in [-0.15, -0.1) is 11.3 Å². The van der Waals surface area contributed by atoms with Gasteiger partial charge >= 0.3 is 0 Å². The van der Waals surface area contributed by atoms with Crippen molar-refractivity contribution >= 4 is 23.2 Å². The lowest BCUT2D eigenvalue weighted by atomic mass is 10.1. The lowest BCUT2D eigenvalue weighted by Crippen LogP contribution is -2.34. The van der Waals surface area contributed by atoms with Crippen LogP contribution in [0.1, 0.15) is 40.4 Å². The monoisotopic (exact) mass is 268 g/mol. The highest BCUT2D eigenvalue weighted by Crippen LogP contribution is 2.25. The summed E-state index contributed by atoms with van der Waals surface area (Å²) < 4.78 is 0. The van der Waals surface area contributed by atoms with Crippen molar-refractivity contribution in [2.45, 2.75) is 33.1 Å². The molecule has 1 heterocycles. The first-order valence-electron chi connectivity index (χ1n) is 6.14. The van der Waals surface area contributed by atoms with E-state index in [1.165, 1.54) is 26.7 Å². The number of primary amides is 1. The molecule has 0 aromatic carbocycles. The molecule has 100 valence electrons. The molecule has 0 bridgehead atoms. The standard InChI is InChI=1S/C13H20N2O2S/c1-4-6-10-9(5-2)7-11(18-10)13(17)15(3)8-12(14)16/h7H,4-6,8H2,1-3H3,(H2,14,16). The van der Waals surface area contributed by atoms with Crippen molar-refractivity contribution in [1.82, 2.24) is 4.90 Å². The van der Waals surface area contributed by atoms with E-state index in [1.54, 1.807) is 7.05 Å². The van der Waals surface area contributed by atoms with E-state index in [1.807, 2.05) is 6.07 Å². The van der Waals surface area contributed by atoms with Crippen LogP contribution in [0.3, 0.4) is 0 Å². The molecule has 0 fully saturated rings. The van der Waals surface area contributed by atoms with Gasteiger partial charge in [0.15, 0.2) is 0 Å². The van der Waals surface area contributed by atoms with Gasteiger partial charge in [-0.2, -0.15) is 0 Å². The molecule has 2 amide bonds. The number of carbonyl (C=O) groups is 2. The van der Waals surface area contributed by atoms with Crippen molar-refractivity contribution in [1.29, 1.82) is 0 Å². The first-order valence-corrected chi connectivity index (χ1v) is 6.96. The molecule has 0 atom stereocenters. The SMILES string of the molecule is CCCc1sc(C(=O)N(C)CC(N)=O)cc1CC. The first-order chi connectivity index (χ1) is 8.49. The molecule has 18 heavy (non-hydrogen) atoms. The fraction of sp³-hybridized carbons (Fsp3) is 0.538. The van der Waals surface area contributed by atoms with Crippen molar-refractivity contribution in [2.75, 3.05) is 13.6 Å². The highest BCUT2D eigenvalue weighted by Gasteiger charge is 2.17. The Kier molecular flexibility index (Phi) is 5.34. The number of rotatable bonds is 6. The number of carbonyl (C=O) groups excluding carboxylic acids is 2. The summed E-state index contributed by atoms with van der Waals surface area (Å²) in [6.45, 7) is 4.17. The molecule has 2 N–H and O–H groups in total. The third kappa shape index (κ3) is 3.57. The molecule has 1 aromatic rings. The van der Waals surface area contributed by atoms with Gasteiger partial charge in [0, 0.05) is 11.9 Å². The predicted octanol–water partition coefficient (Wildman–Crippen LogP) is 1.82. The molecule has 0 aliphatic carbocycles. The lowest BCUT2D eigenvalue weighted by molar-refractivity contribution is -0.118. The minimum atomic E-state index is -0.494. The Hall–Kier alpha value is -1.36. The van der Waals surface area contributed by atoms with Gasteiger partial charge in [0.25, 0.3) is 5.91 Å². The average molecular weight is 268 g/mol. The van der Waals surface area contributed by atoms with E-state index in [2.05, 4.69) is 13.8 Å². The maximum atomic E-state index is 12.1. The summed E-state index contributed by atoms with van der Waals surface area (Å²) >= 11 is 1.53. The summed E-state index contributed by atoms with van der Waals surface area (Å²) in [5.74, 6) is -0.622.